The van der Waals surface area contributed by atoms with Crippen molar-refractivity contribution >= 4 is 0 Å². The zero-order valence-electron chi connectivity index (χ0n) is 8.14. The Labute approximate surface area is 75.0 Å². The van der Waals surface area contributed by atoms with Crippen molar-refractivity contribution in [1.82, 2.24) is 0 Å². The lowest BCUT2D eigenvalue weighted by atomic mass is 9.77. The van der Waals surface area contributed by atoms with Crippen molar-refractivity contribution in [2.45, 2.75) is 26.7 Å². The summed E-state index contributed by atoms with van der Waals surface area (Å²) in [4.78, 5) is 0. The molecule has 0 heterocycles. The van der Waals surface area contributed by atoms with Crippen LogP contribution < -0.4 is 11.5 Å². The molecule has 0 spiro atoms. The van der Waals surface area contributed by atoms with Crippen molar-refractivity contribution < 1.29 is 0 Å². The molecular weight excluding hydrogens is 148 g/mol. The largest absolute Gasteiger partial charge is 0.330 e. The smallest absolute Gasteiger partial charge is 0.00426 e. The van der Waals surface area contributed by atoms with Crippen LogP contribution in [-0.2, 0) is 0 Å². The fourth-order valence-electron chi connectivity index (χ4n) is 2.02. The maximum atomic E-state index is 5.70. The first kappa shape index (κ1) is 9.75. The van der Waals surface area contributed by atoms with Gasteiger partial charge in [-0.1, -0.05) is 11.1 Å². The van der Waals surface area contributed by atoms with Gasteiger partial charge in [-0.05, 0) is 51.6 Å². The molecule has 0 aliphatic heterocycles. The molecule has 2 nitrogen and oxygen atoms in total. The molecule has 0 saturated carbocycles. The lowest BCUT2D eigenvalue weighted by Crippen LogP contribution is -2.32. The van der Waals surface area contributed by atoms with Crippen molar-refractivity contribution in [3.63, 3.8) is 0 Å². The Kier molecular flexibility index (Phi) is 3.29. The van der Waals surface area contributed by atoms with Gasteiger partial charge in [-0.3, -0.25) is 0 Å². The molecule has 0 aromatic rings. The van der Waals surface area contributed by atoms with E-state index in [0.717, 1.165) is 25.9 Å². The Morgan fingerprint density at radius 1 is 1.00 bits per heavy atom. The van der Waals surface area contributed by atoms with Gasteiger partial charge in [0.15, 0.2) is 0 Å². The highest BCUT2D eigenvalue weighted by Crippen LogP contribution is 2.32. The van der Waals surface area contributed by atoms with Gasteiger partial charge in [0.2, 0.25) is 0 Å². The Hall–Kier alpha value is -0.340. The molecule has 0 radical (unpaired) electrons. The van der Waals surface area contributed by atoms with Gasteiger partial charge in [0.05, 0.1) is 0 Å². The summed E-state index contributed by atoms with van der Waals surface area (Å²) in [5.74, 6) is 1.25. The SMILES string of the molecule is CC1=C(C)C[C@H](CN)[C@@H](CN)C1. The van der Waals surface area contributed by atoms with Crippen molar-refractivity contribution in [2.75, 3.05) is 13.1 Å². The van der Waals surface area contributed by atoms with E-state index in [2.05, 4.69) is 13.8 Å². The van der Waals surface area contributed by atoms with Gasteiger partial charge in [0.1, 0.15) is 0 Å². The monoisotopic (exact) mass is 168 g/mol. The molecule has 0 amide bonds. The lowest BCUT2D eigenvalue weighted by Gasteiger charge is -2.31. The summed E-state index contributed by atoms with van der Waals surface area (Å²) in [5, 5.41) is 0. The Bertz CT molecular complexity index is 164. The standard InChI is InChI=1S/C10H20N2/c1-7-3-9(5-11)10(6-12)4-8(7)2/h9-10H,3-6,11-12H2,1-2H3/t9-,10-/m1/s1. The van der Waals surface area contributed by atoms with E-state index >= 15 is 0 Å². The van der Waals surface area contributed by atoms with Gasteiger partial charge in [-0.2, -0.15) is 0 Å². The quantitative estimate of drug-likeness (QED) is 0.610. The minimum absolute atomic E-state index is 0.624. The van der Waals surface area contributed by atoms with Crippen molar-refractivity contribution in [1.29, 1.82) is 0 Å². The average Bonchev–Trinajstić information content (AvgIpc) is 2.09. The van der Waals surface area contributed by atoms with Crippen LogP contribution in [0.1, 0.15) is 26.7 Å². The van der Waals surface area contributed by atoms with Gasteiger partial charge in [-0.25, -0.2) is 0 Å². The fraction of sp³-hybridized carbons (Fsp3) is 0.800. The fourth-order valence-corrected chi connectivity index (χ4v) is 2.02. The van der Waals surface area contributed by atoms with Crippen LogP contribution in [0.4, 0.5) is 0 Å². The van der Waals surface area contributed by atoms with Gasteiger partial charge in [0, 0.05) is 0 Å². The predicted molar refractivity (Wildman–Crippen MR) is 52.7 cm³/mol. The minimum Gasteiger partial charge on any atom is -0.330 e. The van der Waals surface area contributed by atoms with Crippen LogP contribution in [-0.4, -0.2) is 13.1 Å². The molecule has 2 atom stereocenters. The molecular formula is C10H20N2. The highest BCUT2D eigenvalue weighted by Gasteiger charge is 2.24. The maximum Gasteiger partial charge on any atom is -0.00426 e. The number of rotatable bonds is 2. The summed E-state index contributed by atoms with van der Waals surface area (Å²) in [5.41, 5.74) is 14.4. The normalized spacial score (nSPS) is 31.0. The Balaban J connectivity index is 2.68. The van der Waals surface area contributed by atoms with Crippen LogP contribution in [0.2, 0.25) is 0 Å². The lowest BCUT2D eigenvalue weighted by molar-refractivity contribution is 0.321. The number of nitrogens with two attached hydrogens (primary N) is 2. The van der Waals surface area contributed by atoms with E-state index in [4.69, 9.17) is 11.5 Å². The molecule has 1 rings (SSSR count). The van der Waals surface area contributed by atoms with Crippen LogP contribution in [0.5, 0.6) is 0 Å². The zero-order chi connectivity index (χ0) is 9.14. The maximum absolute atomic E-state index is 5.70. The van der Waals surface area contributed by atoms with Crippen LogP contribution in [0.25, 0.3) is 0 Å². The van der Waals surface area contributed by atoms with E-state index < -0.39 is 0 Å². The van der Waals surface area contributed by atoms with E-state index in [-0.39, 0.29) is 0 Å². The highest BCUT2D eigenvalue weighted by atomic mass is 14.6. The molecule has 1 aliphatic rings. The van der Waals surface area contributed by atoms with E-state index in [1.807, 2.05) is 0 Å². The zero-order valence-corrected chi connectivity index (χ0v) is 8.14. The highest BCUT2D eigenvalue weighted by molar-refractivity contribution is 5.15. The number of hydrogen-bond acceptors (Lipinski definition) is 2. The minimum atomic E-state index is 0.624. The summed E-state index contributed by atoms with van der Waals surface area (Å²) >= 11 is 0. The predicted octanol–water partition coefficient (Wildman–Crippen LogP) is 1.27. The number of allylic oxidation sites excluding steroid dienone is 2. The molecule has 0 unspecified atom stereocenters. The molecule has 2 heteroatoms. The van der Waals surface area contributed by atoms with E-state index in [0.29, 0.717) is 11.8 Å². The second-order valence-electron chi connectivity index (χ2n) is 3.96. The van der Waals surface area contributed by atoms with Crippen molar-refractivity contribution in [2.24, 2.45) is 23.3 Å². The summed E-state index contributed by atoms with van der Waals surface area (Å²) in [6.45, 7) is 5.99. The Morgan fingerprint density at radius 2 is 1.33 bits per heavy atom. The molecule has 0 aromatic carbocycles. The number of hydrogen-bond donors (Lipinski definition) is 2. The van der Waals surface area contributed by atoms with Gasteiger partial charge in [-0.15, -0.1) is 0 Å². The average molecular weight is 168 g/mol. The molecule has 4 N–H and O–H groups in total. The van der Waals surface area contributed by atoms with Crippen molar-refractivity contribution in [3.8, 4) is 0 Å². The van der Waals surface area contributed by atoms with Crippen LogP contribution in [0, 0.1) is 11.8 Å². The van der Waals surface area contributed by atoms with E-state index in [1.165, 1.54) is 11.1 Å². The molecule has 70 valence electrons. The van der Waals surface area contributed by atoms with Crippen LogP contribution >= 0.6 is 0 Å². The first-order chi connectivity index (χ1) is 5.69. The van der Waals surface area contributed by atoms with E-state index in [1.54, 1.807) is 0 Å². The summed E-state index contributed by atoms with van der Waals surface area (Å²) in [6.07, 6.45) is 2.31. The van der Waals surface area contributed by atoms with Gasteiger partial charge < -0.3 is 11.5 Å². The second-order valence-corrected chi connectivity index (χ2v) is 3.96. The summed E-state index contributed by atoms with van der Waals surface area (Å²) < 4.78 is 0. The third-order valence-corrected chi connectivity index (χ3v) is 3.14. The molecule has 0 aromatic heterocycles. The Morgan fingerprint density at radius 3 is 1.58 bits per heavy atom. The summed E-state index contributed by atoms with van der Waals surface area (Å²) in [7, 11) is 0. The second kappa shape index (κ2) is 4.06. The first-order valence-corrected chi connectivity index (χ1v) is 4.74. The van der Waals surface area contributed by atoms with Gasteiger partial charge >= 0.3 is 0 Å². The van der Waals surface area contributed by atoms with Crippen molar-refractivity contribution in [3.05, 3.63) is 11.1 Å². The van der Waals surface area contributed by atoms with Crippen LogP contribution in [0.3, 0.4) is 0 Å². The first-order valence-electron chi connectivity index (χ1n) is 4.74. The third-order valence-electron chi connectivity index (χ3n) is 3.14. The summed E-state index contributed by atoms with van der Waals surface area (Å²) in [6, 6.07) is 0. The molecule has 1 aliphatic carbocycles. The van der Waals surface area contributed by atoms with Crippen LogP contribution in [0.15, 0.2) is 11.1 Å². The molecule has 0 saturated heterocycles. The molecule has 12 heavy (non-hydrogen) atoms. The topological polar surface area (TPSA) is 52.0 Å². The van der Waals surface area contributed by atoms with E-state index in [9.17, 15) is 0 Å². The van der Waals surface area contributed by atoms with Gasteiger partial charge in [0.25, 0.3) is 0 Å². The molecule has 0 fully saturated rings. The molecule has 0 bridgehead atoms. The third kappa shape index (κ3) is 1.87.